The predicted octanol–water partition coefficient (Wildman–Crippen LogP) is 1.22. The molecule has 1 saturated carbocycles. The highest BCUT2D eigenvalue weighted by Crippen LogP contribution is 2.24. The van der Waals surface area contributed by atoms with Crippen LogP contribution in [0.15, 0.2) is 24.3 Å². The lowest BCUT2D eigenvalue weighted by Gasteiger charge is -2.09. The van der Waals surface area contributed by atoms with Crippen LogP contribution in [0.4, 0.5) is 0 Å². The van der Waals surface area contributed by atoms with Crippen molar-refractivity contribution in [1.82, 2.24) is 20.5 Å². The molecule has 1 amide bonds. The molecule has 7 heteroatoms. The Morgan fingerprint density at radius 1 is 1.39 bits per heavy atom. The molecule has 0 saturated heterocycles. The van der Waals surface area contributed by atoms with E-state index in [0.29, 0.717) is 18.2 Å². The topological polar surface area (TPSA) is 106 Å². The number of hydrogen-bond donors (Lipinski definition) is 3. The number of nitrogens with two attached hydrogens (primary N) is 1. The minimum atomic E-state index is 0.0222. The molecule has 2 unspecified atom stereocenters. The largest absolute Gasteiger partial charge is 0.497 e. The van der Waals surface area contributed by atoms with E-state index >= 15 is 0 Å². The standard InChI is InChI=1S/C16H21N5O2/c1-23-13-6-3-10(4-7-13)15-19-14(20-21-15)9-18-16(22)11-2-5-12(17)8-11/h3-4,6-7,11-12H,2,5,8-9,17H2,1H3,(H,18,22)(H,19,20,21). The first-order chi connectivity index (χ1) is 11.2. The Kier molecular flexibility index (Phi) is 4.57. The van der Waals surface area contributed by atoms with Gasteiger partial charge in [0.15, 0.2) is 5.82 Å². The molecule has 23 heavy (non-hydrogen) atoms. The van der Waals surface area contributed by atoms with E-state index in [1.54, 1.807) is 7.11 Å². The summed E-state index contributed by atoms with van der Waals surface area (Å²) in [6, 6.07) is 7.65. The summed E-state index contributed by atoms with van der Waals surface area (Å²) in [5.74, 6) is 2.08. The van der Waals surface area contributed by atoms with Crippen LogP contribution in [0.5, 0.6) is 5.75 Å². The molecule has 1 aliphatic carbocycles. The Morgan fingerprint density at radius 3 is 2.83 bits per heavy atom. The fraction of sp³-hybridized carbons (Fsp3) is 0.438. The number of amides is 1. The summed E-state index contributed by atoms with van der Waals surface area (Å²) in [4.78, 5) is 16.5. The van der Waals surface area contributed by atoms with Crippen molar-refractivity contribution < 1.29 is 9.53 Å². The van der Waals surface area contributed by atoms with Gasteiger partial charge in [0.1, 0.15) is 11.6 Å². The van der Waals surface area contributed by atoms with Crippen molar-refractivity contribution in [3.63, 3.8) is 0 Å². The summed E-state index contributed by atoms with van der Waals surface area (Å²) in [6.07, 6.45) is 2.54. The van der Waals surface area contributed by atoms with Gasteiger partial charge in [0, 0.05) is 17.5 Å². The summed E-state index contributed by atoms with van der Waals surface area (Å²) in [5.41, 5.74) is 6.73. The van der Waals surface area contributed by atoms with E-state index in [2.05, 4.69) is 20.5 Å². The Hall–Kier alpha value is -2.41. The molecule has 4 N–H and O–H groups in total. The van der Waals surface area contributed by atoms with Crippen molar-refractivity contribution in [3.8, 4) is 17.1 Å². The molecule has 0 aliphatic heterocycles. The van der Waals surface area contributed by atoms with Crippen molar-refractivity contribution in [1.29, 1.82) is 0 Å². The quantitative estimate of drug-likeness (QED) is 0.769. The highest BCUT2D eigenvalue weighted by molar-refractivity contribution is 5.78. The molecule has 0 bridgehead atoms. The third kappa shape index (κ3) is 3.68. The summed E-state index contributed by atoms with van der Waals surface area (Å²) in [5, 5.41) is 9.93. The van der Waals surface area contributed by atoms with Crippen LogP contribution in [0.2, 0.25) is 0 Å². The molecule has 7 nitrogen and oxygen atoms in total. The summed E-state index contributed by atoms with van der Waals surface area (Å²) < 4.78 is 5.13. The maximum absolute atomic E-state index is 12.1. The van der Waals surface area contributed by atoms with Gasteiger partial charge in [-0.2, -0.15) is 5.10 Å². The van der Waals surface area contributed by atoms with Crippen molar-refractivity contribution in [2.45, 2.75) is 31.8 Å². The van der Waals surface area contributed by atoms with Crippen LogP contribution >= 0.6 is 0 Å². The SMILES string of the molecule is COc1ccc(-c2n[nH]c(CNC(=O)C3CCC(N)C3)n2)cc1. The molecule has 0 spiro atoms. The molecule has 1 fully saturated rings. The van der Waals surface area contributed by atoms with Gasteiger partial charge in [0.05, 0.1) is 13.7 Å². The zero-order valence-electron chi connectivity index (χ0n) is 13.1. The molecule has 1 heterocycles. The number of aromatic amines is 1. The summed E-state index contributed by atoms with van der Waals surface area (Å²) >= 11 is 0. The highest BCUT2D eigenvalue weighted by atomic mass is 16.5. The van der Waals surface area contributed by atoms with E-state index in [9.17, 15) is 4.79 Å². The van der Waals surface area contributed by atoms with Crippen LogP contribution in [0.1, 0.15) is 25.1 Å². The second-order valence-corrected chi connectivity index (χ2v) is 5.82. The molecule has 0 radical (unpaired) electrons. The van der Waals surface area contributed by atoms with E-state index < -0.39 is 0 Å². The Bertz CT molecular complexity index is 667. The van der Waals surface area contributed by atoms with Gasteiger partial charge in [-0.15, -0.1) is 0 Å². The minimum absolute atomic E-state index is 0.0222. The number of H-pyrrole nitrogens is 1. The first kappa shape index (κ1) is 15.5. The zero-order valence-corrected chi connectivity index (χ0v) is 13.1. The molecular weight excluding hydrogens is 294 g/mol. The van der Waals surface area contributed by atoms with Gasteiger partial charge in [-0.05, 0) is 43.5 Å². The van der Waals surface area contributed by atoms with Crippen molar-refractivity contribution >= 4 is 5.91 Å². The number of nitrogens with zero attached hydrogens (tertiary/aromatic N) is 2. The van der Waals surface area contributed by atoms with Crippen LogP contribution in [0.25, 0.3) is 11.4 Å². The Balaban J connectivity index is 1.57. The number of hydrogen-bond acceptors (Lipinski definition) is 5. The first-order valence-electron chi connectivity index (χ1n) is 7.74. The third-order valence-corrected chi connectivity index (χ3v) is 4.15. The maximum Gasteiger partial charge on any atom is 0.223 e. The maximum atomic E-state index is 12.1. The predicted molar refractivity (Wildman–Crippen MR) is 85.5 cm³/mol. The lowest BCUT2D eigenvalue weighted by Crippen LogP contribution is -2.30. The first-order valence-corrected chi connectivity index (χ1v) is 7.74. The van der Waals surface area contributed by atoms with Gasteiger partial charge >= 0.3 is 0 Å². The van der Waals surface area contributed by atoms with Crippen molar-refractivity contribution in [3.05, 3.63) is 30.1 Å². The van der Waals surface area contributed by atoms with Gasteiger partial charge in [-0.3, -0.25) is 9.89 Å². The second-order valence-electron chi connectivity index (χ2n) is 5.82. The average Bonchev–Trinajstić information content (AvgIpc) is 3.22. The van der Waals surface area contributed by atoms with Crippen LogP contribution < -0.4 is 15.8 Å². The monoisotopic (exact) mass is 315 g/mol. The number of carbonyl (C=O) groups excluding carboxylic acids is 1. The van der Waals surface area contributed by atoms with Crippen LogP contribution in [0.3, 0.4) is 0 Å². The number of benzene rings is 1. The van der Waals surface area contributed by atoms with Crippen LogP contribution in [-0.2, 0) is 11.3 Å². The van der Waals surface area contributed by atoms with E-state index in [4.69, 9.17) is 10.5 Å². The van der Waals surface area contributed by atoms with Crippen molar-refractivity contribution in [2.24, 2.45) is 11.7 Å². The normalized spacial score (nSPS) is 20.4. The minimum Gasteiger partial charge on any atom is -0.497 e. The fourth-order valence-corrected chi connectivity index (χ4v) is 2.81. The molecule has 1 aliphatic rings. The molecular formula is C16H21N5O2. The van der Waals surface area contributed by atoms with E-state index in [-0.39, 0.29) is 17.9 Å². The number of nitrogens with one attached hydrogen (secondary N) is 2. The third-order valence-electron chi connectivity index (χ3n) is 4.15. The van der Waals surface area contributed by atoms with Crippen LogP contribution in [0, 0.1) is 5.92 Å². The van der Waals surface area contributed by atoms with Gasteiger partial charge in [-0.25, -0.2) is 4.98 Å². The number of ether oxygens (including phenoxy) is 1. The van der Waals surface area contributed by atoms with E-state index in [1.807, 2.05) is 24.3 Å². The van der Waals surface area contributed by atoms with E-state index in [0.717, 1.165) is 30.6 Å². The fourth-order valence-electron chi connectivity index (χ4n) is 2.81. The number of aromatic nitrogens is 3. The molecule has 1 aromatic carbocycles. The average molecular weight is 315 g/mol. The lowest BCUT2D eigenvalue weighted by atomic mass is 10.1. The van der Waals surface area contributed by atoms with Gasteiger partial charge in [0.2, 0.25) is 5.91 Å². The van der Waals surface area contributed by atoms with Gasteiger partial charge < -0.3 is 15.8 Å². The van der Waals surface area contributed by atoms with Gasteiger partial charge in [-0.1, -0.05) is 0 Å². The van der Waals surface area contributed by atoms with Crippen molar-refractivity contribution in [2.75, 3.05) is 7.11 Å². The molecule has 2 aromatic rings. The smallest absolute Gasteiger partial charge is 0.223 e. The second kappa shape index (κ2) is 6.78. The summed E-state index contributed by atoms with van der Waals surface area (Å²) in [6.45, 7) is 0.341. The number of methoxy groups -OCH3 is 1. The highest BCUT2D eigenvalue weighted by Gasteiger charge is 2.27. The van der Waals surface area contributed by atoms with Gasteiger partial charge in [0.25, 0.3) is 0 Å². The molecule has 122 valence electrons. The Morgan fingerprint density at radius 2 is 2.17 bits per heavy atom. The molecule has 2 atom stereocenters. The zero-order chi connectivity index (χ0) is 16.2. The molecule has 3 rings (SSSR count). The van der Waals surface area contributed by atoms with Crippen LogP contribution in [-0.4, -0.2) is 34.2 Å². The number of carbonyl (C=O) groups is 1. The van der Waals surface area contributed by atoms with E-state index in [1.165, 1.54) is 0 Å². The Labute approximate surface area is 134 Å². The molecule has 1 aromatic heterocycles. The number of rotatable bonds is 5. The summed E-state index contributed by atoms with van der Waals surface area (Å²) in [7, 11) is 1.62. The lowest BCUT2D eigenvalue weighted by molar-refractivity contribution is -0.125.